The van der Waals surface area contributed by atoms with Crippen LogP contribution in [0.5, 0.6) is 17.2 Å². The Balaban J connectivity index is 1.54. The Labute approximate surface area is 275 Å². The Kier molecular flexibility index (Phi) is 8.78. The van der Waals surface area contributed by atoms with E-state index in [1.807, 2.05) is 79.7 Å². The van der Waals surface area contributed by atoms with Crippen LogP contribution in [0.1, 0.15) is 33.2 Å². The highest BCUT2D eigenvalue weighted by molar-refractivity contribution is 7.92. The Morgan fingerprint density at radius 1 is 0.766 bits per heavy atom. The molecule has 240 valence electrons. The van der Waals surface area contributed by atoms with Crippen molar-refractivity contribution >= 4 is 33.0 Å². The van der Waals surface area contributed by atoms with Crippen LogP contribution in [0.15, 0.2) is 120 Å². The summed E-state index contributed by atoms with van der Waals surface area (Å²) in [6.07, 6.45) is -0.678. The van der Waals surface area contributed by atoms with Crippen molar-refractivity contribution in [1.82, 2.24) is 0 Å². The molecule has 0 spiro atoms. The highest BCUT2D eigenvalue weighted by atomic mass is 32.2. The Morgan fingerprint density at radius 2 is 1.49 bits per heavy atom. The van der Waals surface area contributed by atoms with Gasteiger partial charge in [-0.1, -0.05) is 60.2 Å². The molecule has 5 aromatic carbocycles. The first-order chi connectivity index (χ1) is 22.7. The van der Waals surface area contributed by atoms with E-state index in [1.165, 1.54) is 12.1 Å². The third-order valence-corrected chi connectivity index (χ3v) is 9.52. The number of benzene rings is 5. The second-order valence-electron chi connectivity index (χ2n) is 11.1. The maximum Gasteiger partial charge on any atom is 0.262 e. The van der Waals surface area contributed by atoms with Crippen LogP contribution in [0, 0.1) is 6.92 Å². The van der Waals surface area contributed by atoms with Gasteiger partial charge in [0.15, 0.2) is 11.5 Å². The van der Waals surface area contributed by atoms with Crippen LogP contribution in [0.3, 0.4) is 0 Å². The SMILES string of the molecule is COc1ccc(NS(=O)(=O)c2ccc3c(c2)C(=O)N(c2ccc(C)cc2)[C@H](c2cccc(OC)c2OC)N3Cc2ccccc2)cc1. The first-order valence-electron chi connectivity index (χ1n) is 15.0. The molecule has 0 aliphatic carbocycles. The molecule has 0 saturated carbocycles. The van der Waals surface area contributed by atoms with Gasteiger partial charge in [0.05, 0.1) is 37.5 Å². The fraction of sp³-hybridized carbons (Fsp3) is 0.162. The van der Waals surface area contributed by atoms with Crippen molar-refractivity contribution in [2.75, 3.05) is 35.9 Å². The van der Waals surface area contributed by atoms with Crippen LogP contribution in [-0.4, -0.2) is 35.7 Å². The summed E-state index contributed by atoms with van der Waals surface area (Å²) in [5.41, 5.74) is 4.59. The summed E-state index contributed by atoms with van der Waals surface area (Å²) in [6, 6.07) is 34.4. The van der Waals surface area contributed by atoms with Crippen LogP contribution in [0.25, 0.3) is 0 Å². The maximum absolute atomic E-state index is 14.7. The lowest BCUT2D eigenvalue weighted by Crippen LogP contribution is -2.49. The lowest BCUT2D eigenvalue weighted by Gasteiger charge is -2.46. The normalized spacial score (nSPS) is 14.4. The molecule has 9 nitrogen and oxygen atoms in total. The number of hydrogen-bond acceptors (Lipinski definition) is 7. The van der Waals surface area contributed by atoms with E-state index in [9.17, 15) is 13.2 Å². The fourth-order valence-corrected chi connectivity index (χ4v) is 6.91. The Bertz CT molecular complexity index is 2000. The van der Waals surface area contributed by atoms with Crippen molar-refractivity contribution in [3.63, 3.8) is 0 Å². The topological polar surface area (TPSA) is 97.4 Å². The van der Waals surface area contributed by atoms with Gasteiger partial charge in [-0.3, -0.25) is 14.4 Å². The molecule has 1 amide bonds. The number of para-hydroxylation sites is 1. The summed E-state index contributed by atoms with van der Waals surface area (Å²) >= 11 is 0. The molecule has 1 aliphatic heterocycles. The Morgan fingerprint density at radius 3 is 2.15 bits per heavy atom. The molecule has 1 aliphatic rings. The van der Waals surface area contributed by atoms with Crippen LogP contribution in [0.2, 0.25) is 0 Å². The van der Waals surface area contributed by atoms with E-state index in [0.717, 1.165) is 11.1 Å². The predicted octanol–water partition coefficient (Wildman–Crippen LogP) is 7.19. The van der Waals surface area contributed by atoms with Gasteiger partial charge in [-0.2, -0.15) is 0 Å². The number of ether oxygens (including phenoxy) is 3. The molecule has 1 atom stereocenters. The fourth-order valence-electron chi connectivity index (χ4n) is 5.83. The van der Waals surface area contributed by atoms with Gasteiger partial charge in [0, 0.05) is 23.5 Å². The largest absolute Gasteiger partial charge is 0.497 e. The molecular formula is C37H35N3O6S. The van der Waals surface area contributed by atoms with Gasteiger partial charge in [0.1, 0.15) is 11.9 Å². The number of fused-ring (bicyclic) bond motifs is 1. The number of carbonyl (C=O) groups is 1. The van der Waals surface area contributed by atoms with Gasteiger partial charge < -0.3 is 19.1 Å². The predicted molar refractivity (Wildman–Crippen MR) is 183 cm³/mol. The van der Waals surface area contributed by atoms with Crippen molar-refractivity contribution < 1.29 is 27.4 Å². The third-order valence-electron chi connectivity index (χ3n) is 8.14. The van der Waals surface area contributed by atoms with Gasteiger partial charge in [-0.25, -0.2) is 8.42 Å². The first-order valence-corrected chi connectivity index (χ1v) is 16.4. The first kappa shape index (κ1) is 31.5. The van der Waals surface area contributed by atoms with E-state index in [2.05, 4.69) is 9.62 Å². The molecule has 0 aromatic heterocycles. The lowest BCUT2D eigenvalue weighted by atomic mass is 9.98. The van der Waals surface area contributed by atoms with E-state index in [4.69, 9.17) is 14.2 Å². The molecule has 1 heterocycles. The monoisotopic (exact) mass is 649 g/mol. The summed E-state index contributed by atoms with van der Waals surface area (Å²) < 4.78 is 46.6. The van der Waals surface area contributed by atoms with Gasteiger partial charge in [0.2, 0.25) is 0 Å². The number of sulfonamides is 1. The summed E-state index contributed by atoms with van der Waals surface area (Å²) in [4.78, 5) is 18.5. The van der Waals surface area contributed by atoms with E-state index >= 15 is 0 Å². The molecule has 0 radical (unpaired) electrons. The molecule has 0 saturated heterocycles. The molecule has 0 bridgehead atoms. The standard InChI is InChI=1S/C37H35N3O6S/c1-25-13-17-28(18-14-25)40-36(31-11-8-12-34(45-3)35(31)46-4)39(24-26-9-6-5-7-10-26)33-22-21-30(23-32(33)37(40)41)47(42,43)38-27-15-19-29(44-2)20-16-27/h5-23,36,38H,24H2,1-4H3/t36-/m1/s1. The van der Waals surface area contributed by atoms with Crippen LogP contribution >= 0.6 is 0 Å². The van der Waals surface area contributed by atoms with E-state index < -0.39 is 16.2 Å². The summed E-state index contributed by atoms with van der Waals surface area (Å²) in [5, 5.41) is 0. The van der Waals surface area contributed by atoms with Crippen LogP contribution < -0.4 is 28.7 Å². The number of carbonyl (C=O) groups excluding carboxylic acids is 1. The number of hydrogen-bond donors (Lipinski definition) is 1. The smallest absolute Gasteiger partial charge is 0.262 e. The second-order valence-corrected chi connectivity index (χ2v) is 12.8. The number of aryl methyl sites for hydroxylation is 1. The zero-order valence-corrected chi connectivity index (χ0v) is 27.3. The molecular weight excluding hydrogens is 614 g/mol. The highest BCUT2D eigenvalue weighted by Crippen LogP contribution is 2.47. The minimum absolute atomic E-state index is 0.0404. The number of methoxy groups -OCH3 is 3. The zero-order valence-electron chi connectivity index (χ0n) is 26.5. The molecule has 6 rings (SSSR count). The minimum atomic E-state index is -4.06. The summed E-state index contributed by atoms with van der Waals surface area (Å²) in [6.45, 7) is 2.39. The lowest BCUT2D eigenvalue weighted by molar-refractivity contribution is 0.0967. The van der Waals surface area contributed by atoms with E-state index in [1.54, 1.807) is 56.6 Å². The van der Waals surface area contributed by atoms with Gasteiger partial charge in [0.25, 0.3) is 15.9 Å². The maximum atomic E-state index is 14.7. The molecule has 0 fully saturated rings. The Hall–Kier alpha value is -5.48. The number of rotatable bonds is 10. The van der Waals surface area contributed by atoms with Crippen molar-refractivity contribution in [3.05, 3.63) is 138 Å². The molecule has 10 heteroatoms. The quantitative estimate of drug-likeness (QED) is 0.171. The van der Waals surface area contributed by atoms with Gasteiger partial charge in [-0.15, -0.1) is 0 Å². The number of amides is 1. The molecule has 1 N–H and O–H groups in total. The van der Waals surface area contributed by atoms with Crippen molar-refractivity contribution in [2.45, 2.75) is 24.5 Å². The van der Waals surface area contributed by atoms with Gasteiger partial charge >= 0.3 is 0 Å². The minimum Gasteiger partial charge on any atom is -0.497 e. The van der Waals surface area contributed by atoms with Crippen LogP contribution in [0.4, 0.5) is 17.1 Å². The average Bonchev–Trinajstić information content (AvgIpc) is 3.09. The van der Waals surface area contributed by atoms with E-state index in [0.29, 0.717) is 46.4 Å². The van der Waals surface area contributed by atoms with Gasteiger partial charge in [-0.05, 0) is 73.2 Å². The van der Waals surface area contributed by atoms with Crippen molar-refractivity contribution in [1.29, 1.82) is 0 Å². The number of nitrogens with one attached hydrogen (secondary N) is 1. The average molecular weight is 650 g/mol. The number of anilines is 3. The van der Waals surface area contributed by atoms with Crippen LogP contribution in [-0.2, 0) is 16.6 Å². The number of nitrogens with zero attached hydrogens (tertiary/aromatic N) is 2. The van der Waals surface area contributed by atoms with Crippen molar-refractivity contribution in [3.8, 4) is 17.2 Å². The summed E-state index contributed by atoms with van der Waals surface area (Å²) in [5.74, 6) is 1.26. The second kappa shape index (κ2) is 13.1. The third kappa shape index (κ3) is 6.19. The highest BCUT2D eigenvalue weighted by Gasteiger charge is 2.42. The van der Waals surface area contributed by atoms with Crippen molar-refractivity contribution in [2.24, 2.45) is 0 Å². The zero-order chi connectivity index (χ0) is 33.1. The molecule has 5 aromatic rings. The molecule has 47 heavy (non-hydrogen) atoms. The van der Waals surface area contributed by atoms with E-state index in [-0.39, 0.29) is 16.4 Å². The molecule has 0 unspecified atom stereocenters. The summed E-state index contributed by atoms with van der Waals surface area (Å²) in [7, 11) is 0.633.